The first-order valence-electron chi connectivity index (χ1n) is 5.62. The summed E-state index contributed by atoms with van der Waals surface area (Å²) >= 11 is 8.18. The van der Waals surface area contributed by atoms with E-state index in [-0.39, 0.29) is 5.56 Å². The highest BCUT2D eigenvalue weighted by molar-refractivity contribution is 9.12. The zero-order chi connectivity index (χ0) is 14.9. The van der Waals surface area contributed by atoms with Crippen molar-refractivity contribution in [3.63, 3.8) is 0 Å². The predicted octanol–water partition coefficient (Wildman–Crippen LogP) is 5.60. The summed E-state index contributed by atoms with van der Waals surface area (Å²) in [4.78, 5) is 0. The Morgan fingerprint density at radius 2 is 1.80 bits per heavy atom. The molecule has 7 heteroatoms. The smallest absolute Gasteiger partial charge is 0.309 e. The standard InChI is InChI=1S/C13H10Br2F3NS/c1-19-11(8-6-10(14)20-12(8)15)7-4-2-3-5-9(7)13(16,17)18/h2-6,11,19H,1H3. The Morgan fingerprint density at radius 3 is 2.30 bits per heavy atom. The van der Waals surface area contributed by atoms with Gasteiger partial charge in [0.25, 0.3) is 0 Å². The molecule has 0 spiro atoms. The van der Waals surface area contributed by atoms with E-state index >= 15 is 0 Å². The van der Waals surface area contributed by atoms with Crippen molar-refractivity contribution in [3.8, 4) is 0 Å². The Bertz CT molecular complexity index is 610. The normalized spacial score (nSPS) is 13.5. The van der Waals surface area contributed by atoms with Crippen LogP contribution in [0.25, 0.3) is 0 Å². The predicted molar refractivity (Wildman–Crippen MR) is 82.1 cm³/mol. The van der Waals surface area contributed by atoms with Crippen LogP contribution in [0.2, 0.25) is 0 Å². The average molecular weight is 429 g/mol. The summed E-state index contributed by atoms with van der Waals surface area (Å²) in [5, 5.41) is 2.96. The SMILES string of the molecule is CNC(c1ccccc1C(F)(F)F)c1cc(Br)sc1Br. The molecule has 0 aliphatic carbocycles. The monoisotopic (exact) mass is 427 g/mol. The zero-order valence-electron chi connectivity index (χ0n) is 10.3. The Morgan fingerprint density at radius 1 is 1.15 bits per heavy atom. The fourth-order valence-electron chi connectivity index (χ4n) is 2.04. The van der Waals surface area contributed by atoms with Crippen LogP contribution in [0.15, 0.2) is 37.9 Å². The van der Waals surface area contributed by atoms with Gasteiger partial charge < -0.3 is 5.32 Å². The van der Waals surface area contributed by atoms with Crippen molar-refractivity contribution in [2.24, 2.45) is 0 Å². The van der Waals surface area contributed by atoms with Crippen molar-refractivity contribution in [2.75, 3.05) is 7.05 Å². The minimum atomic E-state index is -4.37. The summed E-state index contributed by atoms with van der Waals surface area (Å²) in [5.41, 5.74) is 0.378. The van der Waals surface area contributed by atoms with Crippen molar-refractivity contribution < 1.29 is 13.2 Å². The van der Waals surface area contributed by atoms with Crippen molar-refractivity contribution in [1.82, 2.24) is 5.32 Å². The first-order chi connectivity index (χ1) is 9.34. The van der Waals surface area contributed by atoms with Gasteiger partial charge in [0.05, 0.1) is 19.2 Å². The molecule has 0 radical (unpaired) electrons. The maximum atomic E-state index is 13.1. The highest BCUT2D eigenvalue weighted by Crippen LogP contribution is 2.41. The van der Waals surface area contributed by atoms with Crippen LogP contribution in [0.3, 0.4) is 0 Å². The topological polar surface area (TPSA) is 12.0 Å². The zero-order valence-corrected chi connectivity index (χ0v) is 14.3. The van der Waals surface area contributed by atoms with E-state index in [2.05, 4.69) is 37.2 Å². The summed E-state index contributed by atoms with van der Waals surface area (Å²) in [6.07, 6.45) is -4.37. The highest BCUT2D eigenvalue weighted by Gasteiger charge is 2.35. The van der Waals surface area contributed by atoms with Crippen LogP contribution in [0.4, 0.5) is 13.2 Å². The second-order valence-corrected chi connectivity index (χ2v) is 7.84. The summed E-state index contributed by atoms with van der Waals surface area (Å²) in [6, 6.07) is 6.92. The first-order valence-corrected chi connectivity index (χ1v) is 8.03. The lowest BCUT2D eigenvalue weighted by Crippen LogP contribution is -2.21. The van der Waals surface area contributed by atoms with Gasteiger partial charge in [-0.05, 0) is 62.2 Å². The number of rotatable bonds is 3. The summed E-state index contributed by atoms with van der Waals surface area (Å²) in [5.74, 6) is 0. The van der Waals surface area contributed by atoms with Gasteiger partial charge in [0.15, 0.2) is 0 Å². The Kier molecular flexibility index (Phi) is 4.94. The number of benzene rings is 1. The van der Waals surface area contributed by atoms with E-state index in [9.17, 15) is 13.2 Å². The quantitative estimate of drug-likeness (QED) is 0.670. The Balaban J connectivity index is 2.56. The highest BCUT2D eigenvalue weighted by atomic mass is 79.9. The third kappa shape index (κ3) is 3.27. The van der Waals surface area contributed by atoms with E-state index in [1.54, 1.807) is 13.1 Å². The van der Waals surface area contributed by atoms with Gasteiger partial charge in [-0.2, -0.15) is 13.2 Å². The molecule has 0 saturated carbocycles. The molecule has 1 nitrogen and oxygen atoms in total. The number of nitrogens with one attached hydrogen (secondary N) is 1. The third-order valence-electron chi connectivity index (χ3n) is 2.86. The van der Waals surface area contributed by atoms with Crippen LogP contribution in [-0.4, -0.2) is 7.05 Å². The van der Waals surface area contributed by atoms with Crippen LogP contribution in [0.1, 0.15) is 22.7 Å². The van der Waals surface area contributed by atoms with Crippen molar-refractivity contribution in [2.45, 2.75) is 12.2 Å². The molecule has 0 fully saturated rings. The van der Waals surface area contributed by atoms with Gasteiger partial charge in [-0.3, -0.25) is 0 Å². The maximum absolute atomic E-state index is 13.1. The Hall–Kier alpha value is -0.370. The molecule has 20 heavy (non-hydrogen) atoms. The number of hydrogen-bond acceptors (Lipinski definition) is 2. The van der Waals surface area contributed by atoms with Crippen LogP contribution < -0.4 is 5.32 Å². The molecule has 1 aromatic carbocycles. The van der Waals surface area contributed by atoms with E-state index in [0.717, 1.165) is 19.2 Å². The number of alkyl halides is 3. The molecule has 1 heterocycles. The van der Waals surface area contributed by atoms with Crippen LogP contribution in [0.5, 0.6) is 0 Å². The van der Waals surface area contributed by atoms with E-state index in [1.807, 2.05) is 6.07 Å². The molecule has 1 atom stereocenters. The molecule has 1 unspecified atom stereocenters. The molecule has 0 aliphatic rings. The molecule has 1 aromatic heterocycles. The fourth-order valence-corrected chi connectivity index (χ4v) is 4.94. The third-order valence-corrected chi connectivity index (χ3v) is 5.25. The second-order valence-electron chi connectivity index (χ2n) is 4.09. The van der Waals surface area contributed by atoms with Gasteiger partial charge in [0.2, 0.25) is 0 Å². The lowest BCUT2D eigenvalue weighted by atomic mass is 9.96. The van der Waals surface area contributed by atoms with Crippen LogP contribution >= 0.6 is 43.2 Å². The van der Waals surface area contributed by atoms with Gasteiger partial charge in [0, 0.05) is 0 Å². The van der Waals surface area contributed by atoms with Crippen molar-refractivity contribution >= 4 is 43.2 Å². The minimum Gasteiger partial charge on any atom is -0.309 e. The minimum absolute atomic E-state index is 0.216. The van der Waals surface area contributed by atoms with E-state index in [1.165, 1.54) is 23.5 Å². The van der Waals surface area contributed by atoms with Gasteiger partial charge in [-0.25, -0.2) is 0 Å². The van der Waals surface area contributed by atoms with Crippen molar-refractivity contribution in [1.29, 1.82) is 0 Å². The fraction of sp³-hybridized carbons (Fsp3) is 0.231. The molecule has 0 aliphatic heterocycles. The maximum Gasteiger partial charge on any atom is 0.416 e. The van der Waals surface area contributed by atoms with E-state index in [0.29, 0.717) is 0 Å². The summed E-state index contributed by atoms with van der Waals surface area (Å²) < 4.78 is 41.0. The number of thiophene rings is 1. The lowest BCUT2D eigenvalue weighted by Gasteiger charge is -2.21. The van der Waals surface area contributed by atoms with E-state index in [4.69, 9.17) is 0 Å². The molecule has 0 bridgehead atoms. The van der Waals surface area contributed by atoms with Crippen LogP contribution in [0, 0.1) is 0 Å². The first kappa shape index (κ1) is 16.0. The summed E-state index contributed by atoms with van der Waals surface area (Å²) in [7, 11) is 1.65. The number of hydrogen-bond donors (Lipinski definition) is 1. The molecule has 1 N–H and O–H groups in total. The molecule has 108 valence electrons. The van der Waals surface area contributed by atoms with Gasteiger partial charge in [-0.15, -0.1) is 11.3 Å². The van der Waals surface area contributed by atoms with Gasteiger partial charge in [0.1, 0.15) is 0 Å². The molecular formula is C13H10Br2F3NS. The largest absolute Gasteiger partial charge is 0.416 e. The molecule has 2 rings (SSSR count). The molecule has 0 amide bonds. The van der Waals surface area contributed by atoms with Crippen molar-refractivity contribution in [3.05, 3.63) is 54.6 Å². The molecule has 2 aromatic rings. The lowest BCUT2D eigenvalue weighted by molar-refractivity contribution is -0.138. The summed E-state index contributed by atoms with van der Waals surface area (Å²) in [6.45, 7) is 0. The Labute approximate surface area is 135 Å². The number of halogens is 5. The van der Waals surface area contributed by atoms with Crippen LogP contribution in [-0.2, 0) is 6.18 Å². The average Bonchev–Trinajstić information content (AvgIpc) is 2.69. The van der Waals surface area contributed by atoms with E-state index < -0.39 is 17.8 Å². The molecular weight excluding hydrogens is 419 g/mol. The van der Waals surface area contributed by atoms with Gasteiger partial charge in [-0.1, -0.05) is 18.2 Å². The van der Waals surface area contributed by atoms with Gasteiger partial charge >= 0.3 is 6.18 Å². The second kappa shape index (κ2) is 6.17. The molecule has 0 saturated heterocycles.